The molecule has 0 aromatic heterocycles. The lowest BCUT2D eigenvalue weighted by atomic mass is 9.77. The van der Waals surface area contributed by atoms with E-state index in [2.05, 4.69) is 20.9 Å². The molecule has 0 saturated carbocycles. The Hall–Kier alpha value is -6.49. The third-order valence-electron chi connectivity index (χ3n) is 13.0. The first kappa shape index (κ1) is 61.1. The van der Waals surface area contributed by atoms with Gasteiger partial charge in [0.05, 0.1) is 44.8 Å². The van der Waals surface area contributed by atoms with Crippen LogP contribution in [0.5, 0.6) is 0 Å². The molecular formula is C48H76BN13O13. The van der Waals surface area contributed by atoms with E-state index in [1.165, 1.54) is 12.1 Å². The first-order chi connectivity index (χ1) is 35.6. The van der Waals surface area contributed by atoms with Crippen LogP contribution in [0.1, 0.15) is 59.2 Å². The Morgan fingerprint density at radius 2 is 1.24 bits per heavy atom. The van der Waals surface area contributed by atoms with Gasteiger partial charge in [0.2, 0.25) is 23.6 Å². The number of aliphatic hydroxyl groups excluding tert-OH is 1. The average Bonchev–Trinajstić information content (AvgIpc) is 3.76. The molecule has 2 aromatic carbocycles. The number of carbonyl (C=O) groups excluding carboxylic acids is 6. The van der Waals surface area contributed by atoms with Gasteiger partial charge in [-0.1, -0.05) is 24.3 Å². The summed E-state index contributed by atoms with van der Waals surface area (Å²) in [4.78, 5) is 118. The normalized spacial score (nSPS) is 18.1. The quantitative estimate of drug-likeness (QED) is 0.0196. The van der Waals surface area contributed by atoms with Crippen LogP contribution in [0.2, 0.25) is 0 Å². The number of carboxylic acids is 2. The number of unbranched alkanes of at least 4 members (excludes halogenated alkanes) is 2. The van der Waals surface area contributed by atoms with Gasteiger partial charge in [0.1, 0.15) is 6.04 Å². The van der Waals surface area contributed by atoms with Gasteiger partial charge in [-0.3, -0.25) is 62.9 Å². The molecule has 0 spiro atoms. The molecule has 4 rings (SSSR count). The molecule has 2 aliphatic heterocycles. The van der Waals surface area contributed by atoms with Crippen LogP contribution in [-0.2, 0) is 28.8 Å². The first-order valence-electron chi connectivity index (χ1n) is 25.2. The summed E-state index contributed by atoms with van der Waals surface area (Å²) >= 11 is 0. The van der Waals surface area contributed by atoms with E-state index in [4.69, 9.17) is 11.5 Å². The van der Waals surface area contributed by atoms with Gasteiger partial charge in [0.25, 0.3) is 11.8 Å². The molecule has 3 unspecified atom stereocenters. The molecule has 12 N–H and O–H groups in total. The van der Waals surface area contributed by atoms with E-state index >= 15 is 0 Å². The molecule has 0 bridgehead atoms. The topological polar surface area (TPSA) is 361 Å². The predicted molar refractivity (Wildman–Crippen MR) is 278 cm³/mol. The van der Waals surface area contributed by atoms with Crippen molar-refractivity contribution in [3.63, 3.8) is 0 Å². The molecule has 2 fully saturated rings. The van der Waals surface area contributed by atoms with Crippen molar-refractivity contribution in [1.29, 1.82) is 0 Å². The van der Waals surface area contributed by atoms with Crippen molar-refractivity contribution in [3.8, 4) is 0 Å². The van der Waals surface area contributed by atoms with Gasteiger partial charge in [-0.15, -0.1) is 0 Å². The summed E-state index contributed by atoms with van der Waals surface area (Å²) in [6.45, 7) is 1.73. The number of hydrogen-bond acceptors (Lipinski definition) is 16. The van der Waals surface area contributed by atoms with Gasteiger partial charge in [-0.25, -0.2) is 0 Å². The number of fused-ring (bicyclic) bond motifs is 1. The number of carbonyl (C=O) groups is 8. The molecule has 27 heteroatoms. The largest absolute Gasteiger partial charge is 0.480 e. The van der Waals surface area contributed by atoms with Crippen LogP contribution in [0.25, 0.3) is 10.8 Å². The average molecular weight is 1050 g/mol. The van der Waals surface area contributed by atoms with E-state index < -0.39 is 67.3 Å². The number of aliphatic carboxylic acids is 2. The Bertz CT molecular complexity index is 2280. The fraction of sp³-hybridized carbons (Fsp3) is 0.604. The van der Waals surface area contributed by atoms with E-state index in [0.717, 1.165) is 4.90 Å². The summed E-state index contributed by atoms with van der Waals surface area (Å²) in [5.41, 5.74) is 12.0. The number of hydrogen-bond donors (Lipinski definition) is 10. The number of benzene rings is 2. The zero-order valence-electron chi connectivity index (χ0n) is 43.3. The monoisotopic (exact) mass is 1050 g/mol. The number of likely N-dealkylation sites (N-methyl/N-ethyl adjacent to an activating group) is 1. The Morgan fingerprint density at radius 3 is 1.75 bits per heavy atom. The Morgan fingerprint density at radius 1 is 0.720 bits per heavy atom. The third-order valence-corrected chi connectivity index (χ3v) is 13.0. The molecule has 26 nitrogen and oxygen atoms in total. The maximum absolute atomic E-state index is 14.0. The van der Waals surface area contributed by atoms with Crippen LogP contribution in [0.4, 0.5) is 0 Å². The maximum atomic E-state index is 14.0. The summed E-state index contributed by atoms with van der Waals surface area (Å²) < 4.78 is 0. The summed E-state index contributed by atoms with van der Waals surface area (Å²) in [5.74, 6) is -5.68. The van der Waals surface area contributed by atoms with E-state index in [0.29, 0.717) is 80.7 Å². The lowest BCUT2D eigenvalue weighted by molar-refractivity contribution is -0.139. The van der Waals surface area contributed by atoms with Crippen LogP contribution in [-0.4, -0.2) is 271 Å². The smallest absolute Gasteiger partial charge is 0.475 e. The highest BCUT2D eigenvalue weighted by atomic mass is 16.4. The number of guanidine groups is 1. The van der Waals surface area contributed by atoms with Crippen molar-refractivity contribution in [1.82, 2.24) is 50.2 Å². The highest BCUT2D eigenvalue weighted by Crippen LogP contribution is 2.24. The maximum Gasteiger partial charge on any atom is 0.475 e. The second-order valence-corrected chi connectivity index (χ2v) is 19.1. The molecule has 2 saturated heterocycles. The molecule has 3 atom stereocenters. The fourth-order valence-electron chi connectivity index (χ4n) is 8.93. The van der Waals surface area contributed by atoms with Crippen molar-refractivity contribution < 1.29 is 63.7 Å². The lowest BCUT2D eigenvalue weighted by Crippen LogP contribution is -2.52. The first-order valence-corrected chi connectivity index (χ1v) is 25.2. The fourth-order valence-corrected chi connectivity index (χ4v) is 8.93. The third kappa shape index (κ3) is 20.6. The second kappa shape index (κ2) is 30.8. The van der Waals surface area contributed by atoms with E-state index in [-0.39, 0.29) is 102 Å². The van der Waals surface area contributed by atoms with Gasteiger partial charge in [-0.05, 0) is 61.4 Å². The number of nitrogens with zero attached hydrogens (tertiary/aromatic N) is 8. The lowest BCUT2D eigenvalue weighted by Gasteiger charge is -2.33. The number of nitrogens with one attached hydrogen (secondary N) is 3. The van der Waals surface area contributed by atoms with Crippen molar-refractivity contribution in [3.05, 3.63) is 47.5 Å². The standard InChI is InChI=1S/C48H76BN13O13/c1-56(2)48(51)53-16-9-12-38(55-41(65)30-59-20-24-60(31-43(67)68)22-18-58(29-40(50)64)19-23-61(25-21-59)32-44(69)70)47(73)57(3)17-8-4-7-15-52-45(71)36-13-14-37(35-11-6-5-10-34(35)36)46(72)54-27-42(66)62-28-33(63)26-39(62)49(74)75/h5-6,10-11,13-14,33,38-39,63,74-75H,4,7-9,12,15-32H2,1-3H3,(H2,50,64)(H2,51,53)(H,52,71)(H,54,72)(H,55,65)(H,67,68)(H,69,70). The molecule has 414 valence electrons. The summed E-state index contributed by atoms with van der Waals surface area (Å²) in [7, 11) is 3.30. The summed E-state index contributed by atoms with van der Waals surface area (Å²) in [6, 6.07) is 8.93. The number of amides is 6. The Kier molecular flexibility index (Phi) is 25.1. The van der Waals surface area contributed by atoms with Crippen molar-refractivity contribution in [2.45, 2.75) is 56.6 Å². The minimum atomic E-state index is -1.85. The van der Waals surface area contributed by atoms with Crippen LogP contribution < -0.4 is 27.4 Å². The van der Waals surface area contributed by atoms with Crippen LogP contribution in [0, 0.1) is 0 Å². The second-order valence-electron chi connectivity index (χ2n) is 19.1. The van der Waals surface area contributed by atoms with Gasteiger partial charge >= 0.3 is 19.1 Å². The molecule has 6 amide bonds. The zero-order valence-corrected chi connectivity index (χ0v) is 43.3. The number of primary amides is 1. The van der Waals surface area contributed by atoms with Crippen LogP contribution >= 0.6 is 0 Å². The number of aliphatic imine (C=N–C) groups is 1. The molecule has 75 heavy (non-hydrogen) atoms. The molecule has 2 aromatic rings. The van der Waals surface area contributed by atoms with Crippen molar-refractivity contribution >= 4 is 71.2 Å². The van der Waals surface area contributed by atoms with Gasteiger partial charge in [0.15, 0.2) is 5.96 Å². The van der Waals surface area contributed by atoms with E-state index in [9.17, 15) is 63.7 Å². The molecule has 2 heterocycles. The van der Waals surface area contributed by atoms with Crippen molar-refractivity contribution in [2.75, 3.05) is 132 Å². The number of rotatable bonds is 25. The minimum absolute atomic E-state index is 0.00494. The van der Waals surface area contributed by atoms with E-state index in [1.54, 1.807) is 74.8 Å². The molecule has 0 aliphatic carbocycles. The van der Waals surface area contributed by atoms with Gasteiger partial charge in [-0.2, -0.15) is 0 Å². The van der Waals surface area contributed by atoms with Gasteiger partial charge in [0, 0.05) is 111 Å². The summed E-state index contributed by atoms with van der Waals surface area (Å²) in [6.07, 6.45) is 1.52. The number of nitrogens with two attached hydrogens (primary N) is 2. The van der Waals surface area contributed by atoms with Crippen LogP contribution in [0.15, 0.2) is 41.4 Å². The van der Waals surface area contributed by atoms with Crippen molar-refractivity contribution in [2.24, 2.45) is 16.5 Å². The SMILES string of the molecule is CN(C)C(N)=NCCCC(NC(=O)CN1CCN(CC(=O)O)CCN(CC(N)=O)CCN(CC(=O)O)CC1)C(=O)N(C)CCCCCNC(=O)c1ccc(C(=O)NCC(=O)N2CC(O)CC2B(O)O)c2ccccc12. The number of likely N-dealkylation sites (tertiary alicyclic amines) is 1. The molecule has 0 radical (unpaired) electrons. The molecule has 2 aliphatic rings. The Balaban J connectivity index is 1.34. The zero-order chi connectivity index (χ0) is 55.2. The highest BCUT2D eigenvalue weighted by Gasteiger charge is 2.41. The number of β-amino-alcohol motifs (C(OH)–C–C–N with tert-alkyl or cyclic N) is 1. The summed E-state index contributed by atoms with van der Waals surface area (Å²) in [5, 5.41) is 57.9. The van der Waals surface area contributed by atoms with E-state index in [1.807, 2.05) is 0 Å². The molecular weight excluding hydrogens is 977 g/mol. The van der Waals surface area contributed by atoms with Crippen LogP contribution in [0.3, 0.4) is 0 Å². The Labute approximate surface area is 437 Å². The number of aliphatic hydroxyl groups is 1. The number of carboxylic acid groups (broad SMARTS) is 2. The highest BCUT2D eigenvalue weighted by molar-refractivity contribution is 6.43. The minimum Gasteiger partial charge on any atom is -0.480 e. The predicted octanol–water partition coefficient (Wildman–Crippen LogP) is -4.08. The van der Waals surface area contributed by atoms with Gasteiger partial charge < -0.3 is 67.5 Å².